The van der Waals surface area contributed by atoms with E-state index in [1.54, 1.807) is 0 Å². The first kappa shape index (κ1) is 15.8. The number of hydrogen-bond donors (Lipinski definition) is 0. The molecule has 0 aromatic carbocycles. The fourth-order valence-corrected chi connectivity index (χ4v) is 0. The largest absolute Gasteiger partial charge is 2.00 e. The van der Waals surface area contributed by atoms with Crippen LogP contribution in [0.3, 0.4) is 0 Å². The molecule has 0 radical (unpaired) electrons. The quantitative estimate of drug-likeness (QED) is 0.413. The second-order valence-electron chi connectivity index (χ2n) is 0.250. The van der Waals surface area contributed by atoms with Crippen LogP contribution >= 0.6 is 0 Å². The maximum atomic E-state index is 8.52. The first-order valence-corrected chi connectivity index (χ1v) is 1.84. The molecule has 0 aromatic rings. The van der Waals surface area contributed by atoms with Gasteiger partial charge in [-0.15, -0.1) is 0 Å². The van der Waals surface area contributed by atoms with Crippen LogP contribution in [0.15, 0.2) is 0 Å². The van der Waals surface area contributed by atoms with E-state index in [0.29, 0.717) is 0 Å². The van der Waals surface area contributed by atoms with Gasteiger partial charge in [0.2, 0.25) is 0 Å². The summed E-state index contributed by atoms with van der Waals surface area (Å²) < 4.78 is 8.52. The Hall–Kier alpha value is 2.45. The topological polar surface area (TPSA) is 63.2 Å². The maximum Gasteiger partial charge on any atom is 2.00 e. The van der Waals surface area contributed by atoms with Crippen molar-refractivity contribution in [1.29, 1.82) is 0 Å². The van der Waals surface area contributed by atoms with Crippen molar-refractivity contribution in [3.63, 3.8) is 0 Å². The van der Waals surface area contributed by atoms with Crippen LogP contribution in [0.5, 0.6) is 0 Å². The molecular weight excluding hydrogens is 253 g/mol. The van der Waals surface area contributed by atoms with Crippen LogP contribution in [-0.4, -0.2) is 95.8 Å². The van der Waals surface area contributed by atoms with E-state index in [2.05, 4.69) is 0 Å². The molecule has 3 nitrogen and oxygen atoms in total. The third-order valence-electron chi connectivity index (χ3n) is 0. The number of rotatable bonds is 0. The van der Waals surface area contributed by atoms with Gasteiger partial charge in [0.1, 0.15) is 0 Å². The molecule has 0 aliphatic heterocycles. The Morgan fingerprint density at radius 2 is 1.33 bits per heavy atom. The van der Waals surface area contributed by atoms with Gasteiger partial charge in [0.25, 0.3) is 0 Å². The third-order valence-corrected chi connectivity index (χ3v) is 0. The predicted octanol–water partition coefficient (Wildman–Crippen LogP) is -4.17. The van der Waals surface area contributed by atoms with Crippen LogP contribution < -0.4 is 9.59 Å². The summed E-state index contributed by atoms with van der Waals surface area (Å²) in [6.07, 6.45) is 0. The minimum Gasteiger partial charge on any atom is 2.00 e. The minimum absolute atomic E-state index is 0. The van der Waals surface area contributed by atoms with Crippen LogP contribution in [0.4, 0.5) is 0 Å². The van der Waals surface area contributed by atoms with E-state index in [4.69, 9.17) is 14.1 Å². The Morgan fingerprint density at radius 3 is 1.33 bits per heavy atom. The van der Waals surface area contributed by atoms with Crippen LogP contribution in [0.2, 0.25) is 0 Å². The normalized spacial score (nSPS) is 4.00. The monoisotopic (exact) mass is 256 g/mol. The van der Waals surface area contributed by atoms with Gasteiger partial charge in [-0.1, -0.05) is 0 Å². The molecule has 0 saturated carbocycles. The van der Waals surface area contributed by atoms with Crippen LogP contribution in [0.1, 0.15) is 0 Å². The van der Waals surface area contributed by atoms with Gasteiger partial charge in [0, 0.05) is 9.17 Å². The molecule has 0 saturated heterocycles. The van der Waals surface area contributed by atoms with Crippen molar-refractivity contribution >= 4 is 95.8 Å². The van der Waals surface area contributed by atoms with E-state index in [-0.39, 0.29) is 86.6 Å². The van der Waals surface area contributed by atoms with Gasteiger partial charge in [-0.25, -0.2) is 0 Å². The molecule has 0 aliphatic carbocycles. The summed E-state index contributed by atoms with van der Waals surface area (Å²) in [6, 6.07) is 0. The van der Waals surface area contributed by atoms with Gasteiger partial charge in [0.05, 0.1) is 0 Å². The van der Waals surface area contributed by atoms with Gasteiger partial charge in [-0.05, 0) is 0 Å². The molecule has 0 rings (SSSR count). The Kier molecular flexibility index (Phi) is 27.5. The van der Waals surface area contributed by atoms with Crippen molar-refractivity contribution in [3.05, 3.63) is 0 Å². The van der Waals surface area contributed by atoms with Crippen molar-refractivity contribution in [1.82, 2.24) is 0 Å². The molecule has 0 aromatic heterocycles. The molecule has 0 unspecified atom stereocenters. The molecule has 0 aliphatic rings. The van der Waals surface area contributed by atoms with Gasteiger partial charge in [0.15, 0.2) is 0 Å². The SMILES string of the molecule is O=[Si]([O-])[O-].[BaH2].[Ca+2]. The fraction of sp³-hybridized carbons (Fsp3) is 0. The number of hydrogen-bond acceptors (Lipinski definition) is 3. The molecule has 6 heteroatoms. The molecule has 0 amide bonds. The van der Waals surface area contributed by atoms with E-state index in [9.17, 15) is 0 Å². The molecule has 0 atom stereocenters. The van der Waals surface area contributed by atoms with Gasteiger partial charge in [-0.2, -0.15) is 0 Å². The van der Waals surface area contributed by atoms with Gasteiger partial charge in [-0.3, -0.25) is 0 Å². The zero-order valence-electron chi connectivity index (χ0n) is 2.43. The summed E-state index contributed by atoms with van der Waals surface area (Å²) >= 11 is 0. The third kappa shape index (κ3) is 31.9. The molecule has 0 heterocycles. The van der Waals surface area contributed by atoms with Gasteiger partial charge >= 0.3 is 86.6 Å². The maximum absolute atomic E-state index is 8.52. The van der Waals surface area contributed by atoms with Crippen molar-refractivity contribution in [3.8, 4) is 0 Å². The summed E-state index contributed by atoms with van der Waals surface area (Å²) in [5.74, 6) is 0. The van der Waals surface area contributed by atoms with Crippen LogP contribution in [0.25, 0.3) is 0 Å². The van der Waals surface area contributed by atoms with Crippen molar-refractivity contribution in [2.24, 2.45) is 0 Å². The molecule has 6 heavy (non-hydrogen) atoms. The van der Waals surface area contributed by atoms with Gasteiger partial charge < -0.3 is 14.1 Å². The minimum atomic E-state index is -3.63. The molecule has 0 N–H and O–H groups in total. The second kappa shape index (κ2) is 10.4. The Balaban J connectivity index is -0.0000000450. The van der Waals surface area contributed by atoms with Crippen LogP contribution in [0, 0.1) is 0 Å². The van der Waals surface area contributed by atoms with E-state index < -0.39 is 9.17 Å². The van der Waals surface area contributed by atoms with E-state index >= 15 is 0 Å². The summed E-state index contributed by atoms with van der Waals surface area (Å²) in [5.41, 5.74) is 0. The zero-order valence-corrected chi connectivity index (χ0v) is 5.64. The standard InChI is InChI=1S/Ba.Ca.O3Si.2H/c;;1-4(2)3;;/q;+2;-2;;. The summed E-state index contributed by atoms with van der Waals surface area (Å²) in [4.78, 5) is 17.0. The smallest absolute Gasteiger partial charge is 2.00 e. The summed E-state index contributed by atoms with van der Waals surface area (Å²) in [5, 5.41) is 0. The molecule has 0 bridgehead atoms. The zero-order chi connectivity index (χ0) is 3.58. The summed E-state index contributed by atoms with van der Waals surface area (Å²) in [6.45, 7) is 0. The Bertz CT molecular complexity index is 33.8. The van der Waals surface area contributed by atoms with E-state index in [0.717, 1.165) is 0 Å². The predicted molar refractivity (Wildman–Crippen MR) is 20.7 cm³/mol. The molecule has 0 fully saturated rings. The molecule has 28 valence electrons. The first-order valence-electron chi connectivity index (χ1n) is 0.612. The van der Waals surface area contributed by atoms with E-state index in [1.165, 1.54) is 0 Å². The van der Waals surface area contributed by atoms with Crippen molar-refractivity contribution in [2.45, 2.75) is 0 Å². The average Bonchev–Trinajstić information content (AvgIpc) is 0.811. The summed E-state index contributed by atoms with van der Waals surface area (Å²) in [7, 11) is -3.63. The fourth-order valence-electron chi connectivity index (χ4n) is 0. The second-order valence-corrected chi connectivity index (χ2v) is 0.750. The van der Waals surface area contributed by atoms with Crippen molar-refractivity contribution < 1.29 is 14.1 Å². The molecular formula is H2BaCaO3Si. The van der Waals surface area contributed by atoms with E-state index in [1.807, 2.05) is 0 Å². The van der Waals surface area contributed by atoms with Crippen molar-refractivity contribution in [2.75, 3.05) is 0 Å². The Labute approximate surface area is 107 Å². The average molecular weight is 256 g/mol. The first-order chi connectivity index (χ1) is 1.73. The Morgan fingerprint density at radius 1 is 1.33 bits per heavy atom. The van der Waals surface area contributed by atoms with Crippen LogP contribution in [-0.2, 0) is 4.46 Å². The molecule has 0 spiro atoms.